The van der Waals surface area contributed by atoms with Gasteiger partial charge in [0.25, 0.3) is 0 Å². The summed E-state index contributed by atoms with van der Waals surface area (Å²) < 4.78 is 35.9. The van der Waals surface area contributed by atoms with Crippen molar-refractivity contribution in [2.24, 2.45) is 0 Å². The normalized spacial score (nSPS) is 12.4. The molecule has 0 aromatic heterocycles. The van der Waals surface area contributed by atoms with Gasteiger partial charge in [-0.1, -0.05) is 13.3 Å². The van der Waals surface area contributed by atoms with E-state index in [1.54, 1.807) is 0 Å². The Labute approximate surface area is 96.2 Å². The third-order valence-electron chi connectivity index (χ3n) is 2.27. The molecule has 0 aliphatic carbocycles. The van der Waals surface area contributed by atoms with E-state index in [-0.39, 0.29) is 0 Å². The molecule has 0 rings (SSSR count). The molecule has 0 radical (unpaired) electrons. The molecule has 0 atom stereocenters. The maximum Gasteiger partial charge on any atom is 0.401 e. The summed E-state index contributed by atoms with van der Waals surface area (Å²) in [6.07, 6.45) is -0.0924. The Morgan fingerprint density at radius 2 is 1.75 bits per heavy atom. The van der Waals surface area contributed by atoms with E-state index in [0.29, 0.717) is 6.54 Å². The van der Waals surface area contributed by atoms with Gasteiger partial charge >= 0.3 is 6.18 Å². The maximum atomic E-state index is 12.0. The number of halogens is 3. The molecular formula is C11H23F3N2. The second kappa shape index (κ2) is 8.82. The van der Waals surface area contributed by atoms with Crippen LogP contribution in [-0.4, -0.2) is 44.3 Å². The monoisotopic (exact) mass is 240 g/mol. The molecule has 0 aliphatic heterocycles. The topological polar surface area (TPSA) is 15.3 Å². The van der Waals surface area contributed by atoms with Crippen LogP contribution >= 0.6 is 0 Å². The summed E-state index contributed by atoms with van der Waals surface area (Å²) in [4.78, 5) is 1.33. The fraction of sp³-hybridized carbons (Fsp3) is 1.00. The highest BCUT2D eigenvalue weighted by Crippen LogP contribution is 2.15. The highest BCUT2D eigenvalue weighted by Gasteiger charge is 2.28. The first-order chi connectivity index (χ1) is 7.45. The molecule has 98 valence electrons. The Kier molecular flexibility index (Phi) is 8.66. The van der Waals surface area contributed by atoms with Crippen LogP contribution in [0.3, 0.4) is 0 Å². The average molecular weight is 240 g/mol. The third kappa shape index (κ3) is 11.8. The van der Waals surface area contributed by atoms with Crippen molar-refractivity contribution >= 4 is 0 Å². The Bertz CT molecular complexity index is 160. The molecule has 0 unspecified atom stereocenters. The SMILES string of the molecule is CCCNCCCCCN(C)CC(F)(F)F. The predicted molar refractivity (Wildman–Crippen MR) is 60.6 cm³/mol. The fourth-order valence-corrected chi connectivity index (χ4v) is 1.50. The number of unbranched alkanes of at least 4 members (excludes halogenated alkanes) is 2. The first kappa shape index (κ1) is 15.7. The minimum absolute atomic E-state index is 0.521. The summed E-state index contributed by atoms with van der Waals surface area (Å²) in [6, 6.07) is 0. The molecule has 1 N–H and O–H groups in total. The highest BCUT2D eigenvalue weighted by molar-refractivity contribution is 4.59. The van der Waals surface area contributed by atoms with Crippen LogP contribution in [0.4, 0.5) is 13.2 Å². The van der Waals surface area contributed by atoms with Crippen molar-refractivity contribution in [3.63, 3.8) is 0 Å². The Morgan fingerprint density at radius 1 is 1.06 bits per heavy atom. The second-order valence-electron chi connectivity index (χ2n) is 4.16. The first-order valence-corrected chi connectivity index (χ1v) is 5.91. The number of alkyl halides is 3. The van der Waals surface area contributed by atoms with Crippen molar-refractivity contribution in [1.29, 1.82) is 0 Å². The van der Waals surface area contributed by atoms with Crippen LogP contribution < -0.4 is 5.32 Å². The Hall–Kier alpha value is -0.290. The van der Waals surface area contributed by atoms with Gasteiger partial charge in [-0.25, -0.2) is 0 Å². The van der Waals surface area contributed by atoms with Crippen LogP contribution in [0.1, 0.15) is 32.6 Å². The number of nitrogens with one attached hydrogen (secondary N) is 1. The number of hydrogen-bond donors (Lipinski definition) is 1. The van der Waals surface area contributed by atoms with E-state index in [4.69, 9.17) is 0 Å². The van der Waals surface area contributed by atoms with Crippen LogP contribution in [0.2, 0.25) is 0 Å². The van der Waals surface area contributed by atoms with Crippen molar-refractivity contribution in [1.82, 2.24) is 10.2 Å². The van der Waals surface area contributed by atoms with Crippen molar-refractivity contribution in [2.75, 3.05) is 33.2 Å². The number of rotatable bonds is 9. The van der Waals surface area contributed by atoms with Gasteiger partial charge in [0.15, 0.2) is 0 Å². The molecule has 0 fully saturated rings. The average Bonchev–Trinajstić information content (AvgIpc) is 2.13. The molecule has 0 aliphatic rings. The Morgan fingerprint density at radius 3 is 2.31 bits per heavy atom. The standard InChI is InChI=1S/C11H23F3N2/c1-3-7-15-8-5-4-6-9-16(2)10-11(12,13)14/h15H,3-10H2,1-2H3. The summed E-state index contributed by atoms with van der Waals surface area (Å²) in [6.45, 7) is 3.82. The van der Waals surface area contributed by atoms with Gasteiger partial charge in [0, 0.05) is 0 Å². The van der Waals surface area contributed by atoms with Gasteiger partial charge < -0.3 is 5.32 Å². The van der Waals surface area contributed by atoms with Crippen molar-refractivity contribution < 1.29 is 13.2 Å². The smallest absolute Gasteiger partial charge is 0.317 e. The Balaban J connectivity index is 3.25. The zero-order valence-corrected chi connectivity index (χ0v) is 10.2. The third-order valence-corrected chi connectivity index (χ3v) is 2.27. The summed E-state index contributed by atoms with van der Waals surface area (Å²) in [5.41, 5.74) is 0. The van der Waals surface area contributed by atoms with Gasteiger partial charge in [-0.15, -0.1) is 0 Å². The van der Waals surface area contributed by atoms with Crippen molar-refractivity contribution in [2.45, 2.75) is 38.8 Å². The van der Waals surface area contributed by atoms with Crippen LogP contribution in [0.15, 0.2) is 0 Å². The van der Waals surface area contributed by atoms with Crippen LogP contribution in [-0.2, 0) is 0 Å². The summed E-state index contributed by atoms with van der Waals surface area (Å²) >= 11 is 0. The van der Waals surface area contributed by atoms with Crippen molar-refractivity contribution in [3.8, 4) is 0 Å². The van der Waals surface area contributed by atoms with Gasteiger partial charge in [0.1, 0.15) is 0 Å². The highest BCUT2D eigenvalue weighted by atomic mass is 19.4. The largest absolute Gasteiger partial charge is 0.401 e. The van der Waals surface area contributed by atoms with E-state index < -0.39 is 12.7 Å². The number of nitrogens with zero attached hydrogens (tertiary/aromatic N) is 1. The zero-order valence-electron chi connectivity index (χ0n) is 10.2. The van der Waals surface area contributed by atoms with E-state index in [2.05, 4.69) is 12.2 Å². The lowest BCUT2D eigenvalue weighted by molar-refractivity contribution is -0.143. The summed E-state index contributed by atoms with van der Waals surface area (Å²) in [5, 5.41) is 3.27. The second-order valence-corrected chi connectivity index (χ2v) is 4.16. The minimum Gasteiger partial charge on any atom is -0.317 e. The molecule has 0 bridgehead atoms. The van der Waals surface area contributed by atoms with Gasteiger partial charge in [0.2, 0.25) is 0 Å². The number of hydrogen-bond acceptors (Lipinski definition) is 2. The van der Waals surface area contributed by atoms with E-state index in [1.165, 1.54) is 11.9 Å². The maximum absolute atomic E-state index is 12.0. The summed E-state index contributed by atoms with van der Waals surface area (Å²) in [7, 11) is 1.52. The van der Waals surface area contributed by atoms with Crippen molar-refractivity contribution in [3.05, 3.63) is 0 Å². The van der Waals surface area contributed by atoms with Gasteiger partial charge in [-0.3, -0.25) is 4.90 Å². The fourth-order valence-electron chi connectivity index (χ4n) is 1.50. The van der Waals surface area contributed by atoms with Gasteiger partial charge in [0.05, 0.1) is 6.54 Å². The van der Waals surface area contributed by atoms with E-state index in [9.17, 15) is 13.2 Å². The molecule has 0 saturated heterocycles. The van der Waals surface area contributed by atoms with E-state index in [1.807, 2.05) is 0 Å². The molecular weight excluding hydrogens is 217 g/mol. The molecule has 2 nitrogen and oxygen atoms in total. The summed E-state index contributed by atoms with van der Waals surface area (Å²) in [5.74, 6) is 0. The van der Waals surface area contributed by atoms with E-state index >= 15 is 0 Å². The molecule has 0 aromatic carbocycles. The quantitative estimate of drug-likeness (QED) is 0.623. The lowest BCUT2D eigenvalue weighted by Gasteiger charge is -2.18. The first-order valence-electron chi connectivity index (χ1n) is 5.91. The zero-order chi connectivity index (χ0) is 12.4. The van der Waals surface area contributed by atoms with Crippen LogP contribution in [0.5, 0.6) is 0 Å². The van der Waals surface area contributed by atoms with Crippen LogP contribution in [0, 0.1) is 0 Å². The molecule has 0 amide bonds. The lowest BCUT2D eigenvalue weighted by Crippen LogP contribution is -2.31. The molecule has 0 heterocycles. The molecule has 5 heteroatoms. The van der Waals surface area contributed by atoms with Gasteiger partial charge in [-0.2, -0.15) is 13.2 Å². The lowest BCUT2D eigenvalue weighted by atomic mass is 10.2. The predicted octanol–water partition coefficient (Wildman–Crippen LogP) is 2.65. The molecule has 0 aromatic rings. The van der Waals surface area contributed by atoms with Crippen LogP contribution in [0.25, 0.3) is 0 Å². The minimum atomic E-state index is -4.07. The molecule has 0 spiro atoms. The molecule has 16 heavy (non-hydrogen) atoms. The van der Waals surface area contributed by atoms with Gasteiger partial charge in [-0.05, 0) is 45.9 Å². The van der Waals surface area contributed by atoms with E-state index in [0.717, 1.165) is 38.8 Å². The molecule has 0 saturated carbocycles.